The first kappa shape index (κ1) is 16.1. The normalized spacial score (nSPS) is 22.9. The first-order valence-electron chi connectivity index (χ1n) is 7.61. The number of nitrogens with zero attached hydrogens (tertiary/aromatic N) is 2. The Kier molecular flexibility index (Phi) is 4.80. The number of hydrogen-bond acceptors (Lipinski definition) is 4. The largest absolute Gasteiger partial charge is 0.444 e. The topological polar surface area (TPSA) is 42.0 Å². The summed E-state index contributed by atoms with van der Waals surface area (Å²) in [6, 6.07) is 0. The first-order valence-corrected chi connectivity index (χ1v) is 7.61. The molecule has 0 N–H and O–H groups in total. The molecule has 21 heavy (non-hydrogen) atoms. The number of piperidine rings is 1. The molecule has 0 unspecified atom stereocenters. The van der Waals surface area contributed by atoms with Gasteiger partial charge < -0.3 is 14.4 Å². The molecule has 2 aliphatic rings. The lowest BCUT2D eigenvalue weighted by Gasteiger charge is -2.46. The molecular weight excluding hydrogens is 268 g/mol. The zero-order chi connectivity index (χ0) is 15.5. The van der Waals surface area contributed by atoms with Crippen molar-refractivity contribution in [3.8, 4) is 12.3 Å². The smallest absolute Gasteiger partial charge is 0.410 e. The minimum absolute atomic E-state index is 0.145. The Hall–Kier alpha value is -1.25. The maximum atomic E-state index is 12.1. The summed E-state index contributed by atoms with van der Waals surface area (Å²) < 4.78 is 11.4. The van der Waals surface area contributed by atoms with Crippen LogP contribution in [0.3, 0.4) is 0 Å². The summed E-state index contributed by atoms with van der Waals surface area (Å²) in [4.78, 5) is 16.1. The highest BCUT2D eigenvalue weighted by molar-refractivity contribution is 5.68. The molecule has 0 atom stereocenters. The molecule has 5 nitrogen and oxygen atoms in total. The van der Waals surface area contributed by atoms with Gasteiger partial charge in [-0.15, -0.1) is 6.42 Å². The van der Waals surface area contributed by atoms with Gasteiger partial charge in [0.2, 0.25) is 0 Å². The van der Waals surface area contributed by atoms with Gasteiger partial charge in [0.1, 0.15) is 5.60 Å². The van der Waals surface area contributed by atoms with E-state index in [-0.39, 0.29) is 11.7 Å². The monoisotopic (exact) mass is 294 g/mol. The Bertz CT molecular complexity index is 414. The third-order valence-electron chi connectivity index (χ3n) is 3.97. The zero-order valence-corrected chi connectivity index (χ0v) is 13.4. The van der Waals surface area contributed by atoms with Gasteiger partial charge in [0, 0.05) is 26.2 Å². The number of amides is 1. The van der Waals surface area contributed by atoms with E-state index in [9.17, 15) is 4.79 Å². The quantitative estimate of drug-likeness (QED) is 0.691. The Morgan fingerprint density at radius 3 is 2.57 bits per heavy atom. The summed E-state index contributed by atoms with van der Waals surface area (Å²) in [5.41, 5.74) is -0.592. The maximum absolute atomic E-state index is 12.1. The highest BCUT2D eigenvalue weighted by atomic mass is 16.6. The summed E-state index contributed by atoms with van der Waals surface area (Å²) in [6.45, 7) is 10.2. The van der Waals surface area contributed by atoms with Crippen LogP contribution in [0.4, 0.5) is 4.79 Å². The molecule has 2 fully saturated rings. The number of terminal acetylenes is 1. The molecular formula is C16H26N2O3. The number of likely N-dealkylation sites (tertiary alicyclic amines) is 1. The van der Waals surface area contributed by atoms with E-state index in [4.69, 9.17) is 15.9 Å². The van der Waals surface area contributed by atoms with Crippen molar-refractivity contribution in [2.45, 2.75) is 44.8 Å². The molecule has 0 bridgehead atoms. The molecule has 118 valence electrons. The molecule has 2 saturated heterocycles. The van der Waals surface area contributed by atoms with Gasteiger partial charge >= 0.3 is 6.09 Å². The standard InChI is InChI=1S/C16H26N2O3/c1-5-8-17-11-12-20-16(13-17)6-9-18(10-7-16)14(19)21-15(2,3)4/h1H,6-13H2,2-4H3. The van der Waals surface area contributed by atoms with Gasteiger partial charge in [-0.1, -0.05) is 5.92 Å². The molecule has 0 radical (unpaired) electrons. The van der Waals surface area contributed by atoms with Gasteiger partial charge in [-0.05, 0) is 33.6 Å². The van der Waals surface area contributed by atoms with Gasteiger partial charge in [-0.3, -0.25) is 4.90 Å². The number of carbonyl (C=O) groups excluding carboxylic acids is 1. The highest BCUT2D eigenvalue weighted by Gasteiger charge is 2.41. The predicted octanol–water partition coefficient (Wildman–Crippen LogP) is 1.72. The van der Waals surface area contributed by atoms with Crippen molar-refractivity contribution in [1.29, 1.82) is 0 Å². The number of morpholine rings is 1. The minimum Gasteiger partial charge on any atom is -0.444 e. The number of hydrogen-bond donors (Lipinski definition) is 0. The van der Waals surface area contributed by atoms with Gasteiger partial charge in [0.15, 0.2) is 0 Å². The number of rotatable bonds is 1. The van der Waals surface area contributed by atoms with E-state index in [1.165, 1.54) is 0 Å². The molecule has 1 spiro atoms. The van der Waals surface area contributed by atoms with Crippen LogP contribution in [0.1, 0.15) is 33.6 Å². The molecule has 0 aliphatic carbocycles. The predicted molar refractivity (Wildman–Crippen MR) is 81.0 cm³/mol. The Balaban J connectivity index is 1.88. The fraction of sp³-hybridized carbons (Fsp3) is 0.812. The number of carbonyl (C=O) groups is 1. The molecule has 0 aromatic heterocycles. The van der Waals surface area contributed by atoms with Crippen LogP contribution in [0.25, 0.3) is 0 Å². The van der Waals surface area contributed by atoms with Crippen LogP contribution < -0.4 is 0 Å². The van der Waals surface area contributed by atoms with Crippen LogP contribution in [0.2, 0.25) is 0 Å². The summed E-state index contributed by atoms with van der Waals surface area (Å²) in [7, 11) is 0. The second-order valence-corrected chi connectivity index (χ2v) is 6.91. The SMILES string of the molecule is C#CCN1CCOC2(CCN(C(=O)OC(C)(C)C)CC2)C1. The lowest BCUT2D eigenvalue weighted by atomic mass is 9.89. The van der Waals surface area contributed by atoms with Crippen molar-refractivity contribution in [3.05, 3.63) is 0 Å². The van der Waals surface area contributed by atoms with Crippen molar-refractivity contribution in [1.82, 2.24) is 9.80 Å². The van der Waals surface area contributed by atoms with Gasteiger partial charge in [0.25, 0.3) is 0 Å². The minimum atomic E-state index is -0.447. The molecule has 0 saturated carbocycles. The van der Waals surface area contributed by atoms with Crippen LogP contribution in [-0.4, -0.2) is 66.4 Å². The average molecular weight is 294 g/mol. The van der Waals surface area contributed by atoms with E-state index in [2.05, 4.69) is 10.8 Å². The van der Waals surface area contributed by atoms with E-state index in [0.29, 0.717) is 26.2 Å². The van der Waals surface area contributed by atoms with Crippen LogP contribution in [0.15, 0.2) is 0 Å². The summed E-state index contributed by atoms with van der Waals surface area (Å²) >= 11 is 0. The molecule has 2 aliphatic heterocycles. The Labute approximate surface area is 127 Å². The highest BCUT2D eigenvalue weighted by Crippen LogP contribution is 2.30. The molecule has 0 aromatic rings. The molecule has 5 heteroatoms. The van der Waals surface area contributed by atoms with Gasteiger partial charge in [-0.25, -0.2) is 4.79 Å². The van der Waals surface area contributed by atoms with Gasteiger partial charge in [0.05, 0.1) is 18.8 Å². The molecule has 0 aromatic carbocycles. The van der Waals surface area contributed by atoms with Crippen LogP contribution in [0, 0.1) is 12.3 Å². The second-order valence-electron chi connectivity index (χ2n) is 6.91. The van der Waals surface area contributed by atoms with E-state index in [1.807, 2.05) is 20.8 Å². The lowest BCUT2D eigenvalue weighted by Crippen LogP contribution is -2.57. The number of ether oxygens (including phenoxy) is 2. The van der Waals surface area contributed by atoms with E-state index >= 15 is 0 Å². The van der Waals surface area contributed by atoms with E-state index in [1.54, 1.807) is 4.90 Å². The lowest BCUT2D eigenvalue weighted by molar-refractivity contribution is -0.132. The maximum Gasteiger partial charge on any atom is 0.410 e. The molecule has 2 rings (SSSR count). The molecule has 2 heterocycles. The summed E-state index contributed by atoms with van der Waals surface area (Å²) in [5, 5.41) is 0. The average Bonchev–Trinajstić information content (AvgIpc) is 2.38. The third kappa shape index (κ3) is 4.36. The third-order valence-corrected chi connectivity index (χ3v) is 3.97. The van der Waals surface area contributed by atoms with E-state index in [0.717, 1.165) is 25.9 Å². The zero-order valence-electron chi connectivity index (χ0n) is 13.4. The van der Waals surface area contributed by atoms with Crippen molar-refractivity contribution in [2.75, 3.05) is 39.3 Å². The fourth-order valence-electron chi connectivity index (χ4n) is 2.91. The van der Waals surface area contributed by atoms with Crippen molar-refractivity contribution in [3.63, 3.8) is 0 Å². The summed E-state index contributed by atoms with van der Waals surface area (Å²) in [5.74, 6) is 2.70. The Morgan fingerprint density at radius 2 is 2.00 bits per heavy atom. The van der Waals surface area contributed by atoms with Crippen LogP contribution in [0.5, 0.6) is 0 Å². The van der Waals surface area contributed by atoms with Crippen molar-refractivity contribution in [2.24, 2.45) is 0 Å². The van der Waals surface area contributed by atoms with Gasteiger partial charge in [-0.2, -0.15) is 0 Å². The van der Waals surface area contributed by atoms with Crippen LogP contribution >= 0.6 is 0 Å². The van der Waals surface area contributed by atoms with Crippen molar-refractivity contribution >= 4 is 6.09 Å². The summed E-state index contributed by atoms with van der Waals surface area (Å²) in [6.07, 6.45) is 6.85. The first-order chi connectivity index (χ1) is 9.84. The molecule has 1 amide bonds. The Morgan fingerprint density at radius 1 is 1.33 bits per heavy atom. The van der Waals surface area contributed by atoms with Crippen molar-refractivity contribution < 1.29 is 14.3 Å². The van der Waals surface area contributed by atoms with Crippen LogP contribution in [-0.2, 0) is 9.47 Å². The fourth-order valence-corrected chi connectivity index (χ4v) is 2.91. The van der Waals surface area contributed by atoms with E-state index < -0.39 is 5.60 Å². The second kappa shape index (κ2) is 6.25.